The zero-order valence-corrected chi connectivity index (χ0v) is 23.0. The third-order valence-electron chi connectivity index (χ3n) is 7.52. The number of pyridine rings is 1. The Kier molecular flexibility index (Phi) is 8.27. The molecule has 0 aliphatic heterocycles. The van der Waals surface area contributed by atoms with Crippen LogP contribution < -0.4 is 5.56 Å². The maximum absolute atomic E-state index is 13.2. The standard InChI is InChI=1S/C32H36N6O/c1-4-30(31-34-35-36-38(31)19-16-25-11-6-5-7-12-25)37(18-17-26-13-9-8-10-24(26)3)22-28-21-27-20-23(2)14-15-29(27)33-32(28)39/h5-15,20-21,30H,4,16-19,22H2,1-3H3,(H,33,39)/t30-/m0/s1. The van der Waals surface area contributed by atoms with Crippen molar-refractivity contribution in [3.63, 3.8) is 0 Å². The van der Waals surface area contributed by atoms with Crippen LogP contribution in [0.15, 0.2) is 83.7 Å². The second-order valence-electron chi connectivity index (χ2n) is 10.3. The highest BCUT2D eigenvalue weighted by Crippen LogP contribution is 2.25. The van der Waals surface area contributed by atoms with Gasteiger partial charge in [-0.3, -0.25) is 9.69 Å². The average Bonchev–Trinajstić information content (AvgIpc) is 3.41. The van der Waals surface area contributed by atoms with Crippen molar-refractivity contribution in [1.82, 2.24) is 30.1 Å². The summed E-state index contributed by atoms with van der Waals surface area (Å²) in [5.41, 5.74) is 6.56. The van der Waals surface area contributed by atoms with Gasteiger partial charge in [0.05, 0.1) is 6.04 Å². The highest BCUT2D eigenvalue weighted by atomic mass is 16.1. The molecule has 0 amide bonds. The van der Waals surface area contributed by atoms with E-state index in [0.29, 0.717) is 13.1 Å². The first-order valence-corrected chi connectivity index (χ1v) is 13.7. The van der Waals surface area contributed by atoms with Crippen LogP contribution in [0.3, 0.4) is 0 Å². The largest absolute Gasteiger partial charge is 0.322 e. The Bertz CT molecular complexity index is 1590. The van der Waals surface area contributed by atoms with E-state index in [1.54, 1.807) is 0 Å². The fourth-order valence-corrected chi connectivity index (χ4v) is 5.30. The SMILES string of the molecule is CC[C@@H](c1nnnn1CCc1ccccc1)N(CCc1ccccc1C)Cc1cc2cc(C)ccc2[nH]c1=O. The fourth-order valence-electron chi connectivity index (χ4n) is 5.30. The normalized spacial score (nSPS) is 12.3. The molecule has 3 aromatic carbocycles. The monoisotopic (exact) mass is 520 g/mol. The van der Waals surface area contributed by atoms with Gasteiger partial charge in [-0.2, -0.15) is 0 Å². The highest BCUT2D eigenvalue weighted by molar-refractivity contribution is 5.79. The van der Waals surface area contributed by atoms with Gasteiger partial charge in [0.25, 0.3) is 5.56 Å². The van der Waals surface area contributed by atoms with Crippen LogP contribution in [0, 0.1) is 13.8 Å². The first-order chi connectivity index (χ1) is 19.0. The number of hydrogen-bond acceptors (Lipinski definition) is 5. The number of benzene rings is 3. The Morgan fingerprint density at radius 2 is 1.72 bits per heavy atom. The van der Waals surface area contributed by atoms with Crippen molar-refractivity contribution >= 4 is 10.9 Å². The van der Waals surface area contributed by atoms with E-state index in [9.17, 15) is 4.79 Å². The molecular formula is C32H36N6O. The number of aryl methyl sites for hydroxylation is 4. The van der Waals surface area contributed by atoms with Crippen molar-refractivity contribution in [2.45, 2.75) is 59.2 Å². The molecule has 0 spiro atoms. The number of rotatable bonds is 11. The molecule has 7 heteroatoms. The summed E-state index contributed by atoms with van der Waals surface area (Å²) in [7, 11) is 0. The average molecular weight is 521 g/mol. The van der Waals surface area contributed by atoms with Gasteiger partial charge in [0.15, 0.2) is 5.82 Å². The molecule has 200 valence electrons. The number of nitrogens with one attached hydrogen (secondary N) is 1. The molecule has 0 aliphatic carbocycles. The van der Waals surface area contributed by atoms with E-state index in [1.807, 2.05) is 28.9 Å². The molecule has 1 N–H and O–H groups in total. The molecule has 39 heavy (non-hydrogen) atoms. The molecule has 0 aliphatic rings. The molecule has 0 bridgehead atoms. The van der Waals surface area contributed by atoms with E-state index in [1.165, 1.54) is 22.3 Å². The first kappa shape index (κ1) is 26.5. The molecule has 5 aromatic rings. The minimum absolute atomic E-state index is 0.0348. The molecule has 5 rings (SSSR count). The summed E-state index contributed by atoms with van der Waals surface area (Å²) in [5.74, 6) is 0.839. The lowest BCUT2D eigenvalue weighted by Gasteiger charge is -2.30. The Morgan fingerprint density at radius 1 is 0.923 bits per heavy atom. The first-order valence-electron chi connectivity index (χ1n) is 13.7. The second-order valence-corrected chi connectivity index (χ2v) is 10.3. The minimum Gasteiger partial charge on any atom is -0.322 e. The van der Waals surface area contributed by atoms with Gasteiger partial charge < -0.3 is 4.98 Å². The number of aromatic nitrogens is 5. The zero-order chi connectivity index (χ0) is 27.2. The van der Waals surface area contributed by atoms with Crippen LogP contribution in [0.25, 0.3) is 10.9 Å². The van der Waals surface area contributed by atoms with Crippen molar-refractivity contribution < 1.29 is 0 Å². The summed E-state index contributed by atoms with van der Waals surface area (Å²) in [6.45, 7) is 8.37. The van der Waals surface area contributed by atoms with Gasteiger partial charge in [0.2, 0.25) is 0 Å². The van der Waals surface area contributed by atoms with Crippen molar-refractivity contribution in [1.29, 1.82) is 0 Å². The second kappa shape index (κ2) is 12.2. The van der Waals surface area contributed by atoms with Crippen LogP contribution in [0.1, 0.15) is 53.0 Å². The third kappa shape index (κ3) is 6.32. The van der Waals surface area contributed by atoms with Crippen LogP contribution >= 0.6 is 0 Å². The molecule has 0 saturated carbocycles. The maximum Gasteiger partial charge on any atom is 0.252 e. The minimum atomic E-state index is -0.0502. The van der Waals surface area contributed by atoms with Crippen LogP contribution in [-0.4, -0.2) is 36.6 Å². The molecule has 7 nitrogen and oxygen atoms in total. The quantitative estimate of drug-likeness (QED) is 0.246. The molecule has 1 atom stereocenters. The highest BCUT2D eigenvalue weighted by Gasteiger charge is 2.26. The Morgan fingerprint density at radius 3 is 2.51 bits per heavy atom. The molecule has 0 unspecified atom stereocenters. The lowest BCUT2D eigenvalue weighted by Crippen LogP contribution is -2.34. The van der Waals surface area contributed by atoms with Crippen molar-refractivity contribution in [3.8, 4) is 0 Å². The van der Waals surface area contributed by atoms with Gasteiger partial charge in [-0.15, -0.1) is 5.10 Å². The summed E-state index contributed by atoms with van der Waals surface area (Å²) < 4.78 is 1.93. The number of nitrogens with zero attached hydrogens (tertiary/aromatic N) is 5. The predicted octanol–water partition coefficient (Wildman–Crippen LogP) is 5.57. The van der Waals surface area contributed by atoms with E-state index in [4.69, 9.17) is 0 Å². The van der Waals surface area contributed by atoms with Crippen molar-refractivity contribution in [2.75, 3.05) is 6.54 Å². The van der Waals surface area contributed by atoms with E-state index in [0.717, 1.165) is 48.1 Å². The number of aromatic amines is 1. The van der Waals surface area contributed by atoms with Gasteiger partial charge >= 0.3 is 0 Å². The lowest BCUT2D eigenvalue weighted by molar-refractivity contribution is 0.171. The van der Waals surface area contributed by atoms with Crippen LogP contribution in [-0.2, 0) is 25.9 Å². The van der Waals surface area contributed by atoms with Crippen LogP contribution in [0.2, 0.25) is 0 Å². The van der Waals surface area contributed by atoms with Gasteiger partial charge in [-0.1, -0.05) is 73.2 Å². The molecular weight excluding hydrogens is 484 g/mol. The Hall–Kier alpha value is -4.10. The summed E-state index contributed by atoms with van der Waals surface area (Å²) in [6, 6.07) is 27.0. The van der Waals surface area contributed by atoms with Crippen LogP contribution in [0.5, 0.6) is 0 Å². The summed E-state index contributed by atoms with van der Waals surface area (Å²) >= 11 is 0. The smallest absolute Gasteiger partial charge is 0.252 e. The van der Waals surface area contributed by atoms with E-state index in [-0.39, 0.29) is 11.6 Å². The molecule has 0 fully saturated rings. The van der Waals surface area contributed by atoms with E-state index in [2.05, 4.69) is 101 Å². The van der Waals surface area contributed by atoms with Gasteiger partial charge in [0, 0.05) is 30.7 Å². The number of fused-ring (bicyclic) bond motifs is 1. The van der Waals surface area contributed by atoms with Crippen molar-refractivity contribution in [2.24, 2.45) is 0 Å². The number of hydrogen-bond donors (Lipinski definition) is 1. The molecule has 2 heterocycles. The fraction of sp³-hybridized carbons (Fsp3) is 0.312. The molecule has 2 aromatic heterocycles. The molecule has 0 saturated heterocycles. The summed E-state index contributed by atoms with van der Waals surface area (Å²) in [6.07, 6.45) is 2.55. The summed E-state index contributed by atoms with van der Waals surface area (Å²) in [5, 5.41) is 14.0. The van der Waals surface area contributed by atoms with Crippen LogP contribution in [0.4, 0.5) is 0 Å². The Labute approximate surface area is 229 Å². The predicted molar refractivity (Wildman–Crippen MR) is 156 cm³/mol. The lowest BCUT2D eigenvalue weighted by atomic mass is 10.0. The third-order valence-corrected chi connectivity index (χ3v) is 7.52. The summed E-state index contributed by atoms with van der Waals surface area (Å²) in [4.78, 5) is 18.6. The number of tetrazole rings is 1. The van der Waals surface area contributed by atoms with Gasteiger partial charge in [-0.25, -0.2) is 4.68 Å². The Balaban J connectivity index is 1.46. The van der Waals surface area contributed by atoms with E-state index < -0.39 is 0 Å². The topological polar surface area (TPSA) is 79.7 Å². The maximum atomic E-state index is 13.2. The van der Waals surface area contributed by atoms with Gasteiger partial charge in [-0.05, 0) is 83.8 Å². The van der Waals surface area contributed by atoms with Crippen molar-refractivity contribution in [3.05, 3.63) is 123 Å². The zero-order valence-electron chi connectivity index (χ0n) is 23.0. The number of H-pyrrole nitrogens is 1. The van der Waals surface area contributed by atoms with E-state index >= 15 is 0 Å². The van der Waals surface area contributed by atoms with Gasteiger partial charge in [0.1, 0.15) is 0 Å². The molecule has 0 radical (unpaired) electrons.